The average Bonchev–Trinajstić information content (AvgIpc) is 3.08. The minimum atomic E-state index is -4.67. The molecule has 4 heterocycles. The summed E-state index contributed by atoms with van der Waals surface area (Å²) < 4.78 is 42.2. The molecule has 2 N–H and O–H groups in total. The van der Waals surface area contributed by atoms with Gasteiger partial charge in [-0.25, -0.2) is 19.3 Å². The SMILES string of the molecule is CC(C)(C)c1ccc(Cl)c(-n2c3nc(Nc4ccc5c(c4)CCNC5)ncc3c(=O)n2CC(F)(F)F)n1. The van der Waals surface area contributed by atoms with Crippen molar-refractivity contribution in [3.05, 3.63) is 68.7 Å². The first kappa shape index (κ1) is 25.2. The molecule has 3 aromatic heterocycles. The highest BCUT2D eigenvalue weighted by atomic mass is 35.5. The summed E-state index contributed by atoms with van der Waals surface area (Å²) in [6.07, 6.45) is -2.57. The van der Waals surface area contributed by atoms with E-state index in [0.717, 1.165) is 29.9 Å². The van der Waals surface area contributed by atoms with Gasteiger partial charge in [0.1, 0.15) is 11.9 Å². The number of hydrogen-bond donors (Lipinski definition) is 2. The van der Waals surface area contributed by atoms with Gasteiger partial charge in [0.2, 0.25) is 5.95 Å². The van der Waals surface area contributed by atoms with Gasteiger partial charge in [-0.05, 0) is 48.4 Å². The summed E-state index contributed by atoms with van der Waals surface area (Å²) in [5.41, 5.74) is 2.37. The van der Waals surface area contributed by atoms with Crippen LogP contribution in [-0.4, -0.2) is 37.0 Å². The first-order valence-electron chi connectivity index (χ1n) is 11.7. The summed E-state index contributed by atoms with van der Waals surface area (Å²) in [6, 6.07) is 9.14. The Morgan fingerprint density at radius 3 is 2.62 bits per heavy atom. The number of alkyl halides is 3. The molecule has 8 nitrogen and oxygen atoms in total. The van der Waals surface area contributed by atoms with Crippen LogP contribution in [0.2, 0.25) is 5.02 Å². The predicted molar refractivity (Wildman–Crippen MR) is 136 cm³/mol. The van der Waals surface area contributed by atoms with Crippen molar-refractivity contribution in [1.82, 2.24) is 29.6 Å². The highest BCUT2D eigenvalue weighted by Crippen LogP contribution is 2.29. The maximum absolute atomic E-state index is 13.5. The second-order valence-corrected chi connectivity index (χ2v) is 10.4. The van der Waals surface area contributed by atoms with Crippen LogP contribution in [0.5, 0.6) is 0 Å². The van der Waals surface area contributed by atoms with Crippen LogP contribution in [0.3, 0.4) is 0 Å². The van der Waals surface area contributed by atoms with Crippen LogP contribution in [0, 0.1) is 0 Å². The molecule has 5 rings (SSSR count). The lowest BCUT2D eigenvalue weighted by molar-refractivity contribution is -0.144. The van der Waals surface area contributed by atoms with Crippen molar-refractivity contribution in [2.75, 3.05) is 11.9 Å². The van der Waals surface area contributed by atoms with E-state index >= 15 is 0 Å². The molecule has 0 saturated heterocycles. The van der Waals surface area contributed by atoms with Crippen LogP contribution in [-0.2, 0) is 24.9 Å². The molecular weight excluding hydrogens is 507 g/mol. The molecule has 0 amide bonds. The molecule has 0 radical (unpaired) electrons. The standard InChI is InChI=1S/C25H25ClF3N7O/c1-24(2,3)19-7-6-18(26)21(33-19)36-20-17(22(37)35(36)13-25(27,28)29)12-31-23(34-20)32-16-5-4-15-11-30-9-8-14(15)10-16/h4-7,10,12,30H,8-9,11,13H2,1-3H3,(H,31,32,34). The predicted octanol–water partition coefficient (Wildman–Crippen LogP) is 4.88. The number of benzene rings is 1. The van der Waals surface area contributed by atoms with E-state index in [2.05, 4.69) is 25.6 Å². The van der Waals surface area contributed by atoms with Gasteiger partial charge < -0.3 is 10.6 Å². The summed E-state index contributed by atoms with van der Waals surface area (Å²) in [6.45, 7) is 5.88. The molecule has 0 unspecified atom stereocenters. The lowest BCUT2D eigenvalue weighted by Gasteiger charge is -2.20. The zero-order valence-corrected chi connectivity index (χ0v) is 21.2. The van der Waals surface area contributed by atoms with Crippen LogP contribution < -0.4 is 16.2 Å². The number of pyridine rings is 1. The number of aromatic nitrogens is 5. The number of rotatable bonds is 4. The van der Waals surface area contributed by atoms with Crippen LogP contribution in [0.1, 0.15) is 37.6 Å². The highest BCUT2D eigenvalue weighted by molar-refractivity contribution is 6.32. The molecule has 12 heteroatoms. The minimum Gasteiger partial charge on any atom is -0.324 e. The van der Waals surface area contributed by atoms with Crippen molar-refractivity contribution in [3.8, 4) is 5.82 Å². The summed E-state index contributed by atoms with van der Waals surface area (Å²) in [5, 5.41) is 6.43. The molecular formula is C25H25ClF3N7O. The molecule has 0 fully saturated rings. The molecule has 0 spiro atoms. The lowest BCUT2D eigenvalue weighted by atomic mass is 9.92. The molecule has 1 aliphatic heterocycles. The van der Waals surface area contributed by atoms with Gasteiger partial charge in [-0.3, -0.25) is 4.79 Å². The molecule has 0 atom stereocenters. The van der Waals surface area contributed by atoms with Crippen LogP contribution >= 0.6 is 11.6 Å². The van der Waals surface area contributed by atoms with Crippen molar-refractivity contribution >= 4 is 34.3 Å². The summed E-state index contributed by atoms with van der Waals surface area (Å²) in [7, 11) is 0. The summed E-state index contributed by atoms with van der Waals surface area (Å²) in [4.78, 5) is 26.3. The van der Waals surface area contributed by atoms with E-state index in [4.69, 9.17) is 11.6 Å². The van der Waals surface area contributed by atoms with Gasteiger partial charge in [-0.2, -0.15) is 18.2 Å². The zero-order chi connectivity index (χ0) is 26.5. The third-order valence-electron chi connectivity index (χ3n) is 6.15. The lowest BCUT2D eigenvalue weighted by Crippen LogP contribution is -2.31. The first-order valence-corrected chi connectivity index (χ1v) is 12.1. The maximum Gasteiger partial charge on any atom is 0.408 e. The number of halogens is 4. The van der Waals surface area contributed by atoms with E-state index in [1.165, 1.54) is 17.3 Å². The van der Waals surface area contributed by atoms with Crippen LogP contribution in [0.25, 0.3) is 16.9 Å². The van der Waals surface area contributed by atoms with E-state index in [9.17, 15) is 18.0 Å². The molecule has 0 saturated carbocycles. The topological polar surface area (TPSA) is 89.7 Å². The van der Waals surface area contributed by atoms with Crippen molar-refractivity contribution in [2.24, 2.45) is 0 Å². The first-order chi connectivity index (χ1) is 17.4. The Morgan fingerprint density at radius 1 is 1.11 bits per heavy atom. The molecule has 37 heavy (non-hydrogen) atoms. The maximum atomic E-state index is 13.5. The van der Waals surface area contributed by atoms with E-state index < -0.39 is 23.7 Å². The smallest absolute Gasteiger partial charge is 0.324 e. The molecule has 1 aliphatic rings. The second-order valence-electron chi connectivity index (χ2n) is 10.0. The molecule has 1 aromatic carbocycles. The van der Waals surface area contributed by atoms with E-state index in [1.54, 1.807) is 12.1 Å². The molecule has 4 aromatic rings. The fourth-order valence-electron chi connectivity index (χ4n) is 4.30. The Balaban J connectivity index is 1.67. The Bertz CT molecular complexity index is 1550. The third-order valence-corrected chi connectivity index (χ3v) is 6.45. The largest absolute Gasteiger partial charge is 0.408 e. The summed E-state index contributed by atoms with van der Waals surface area (Å²) >= 11 is 6.43. The fourth-order valence-corrected chi connectivity index (χ4v) is 4.48. The van der Waals surface area contributed by atoms with E-state index in [0.29, 0.717) is 10.4 Å². The van der Waals surface area contributed by atoms with E-state index in [1.807, 2.05) is 39.0 Å². The monoisotopic (exact) mass is 531 g/mol. The van der Waals surface area contributed by atoms with Gasteiger partial charge in [-0.1, -0.05) is 38.4 Å². The Labute approximate surface area is 215 Å². The van der Waals surface area contributed by atoms with Crippen LogP contribution in [0.4, 0.5) is 24.8 Å². The van der Waals surface area contributed by atoms with Crippen LogP contribution in [0.15, 0.2) is 41.3 Å². The minimum absolute atomic E-state index is 0.0172. The van der Waals surface area contributed by atoms with Gasteiger partial charge in [0.05, 0.1) is 5.02 Å². The van der Waals surface area contributed by atoms with Crippen molar-refractivity contribution in [2.45, 2.75) is 51.9 Å². The number of nitrogens with zero attached hydrogens (tertiary/aromatic N) is 5. The molecule has 0 aliphatic carbocycles. The van der Waals surface area contributed by atoms with Crippen molar-refractivity contribution in [3.63, 3.8) is 0 Å². The van der Waals surface area contributed by atoms with Gasteiger partial charge in [0.15, 0.2) is 11.5 Å². The number of hydrogen-bond acceptors (Lipinski definition) is 6. The molecule has 0 bridgehead atoms. The van der Waals surface area contributed by atoms with Crippen molar-refractivity contribution < 1.29 is 13.2 Å². The Hall–Kier alpha value is -3.44. The fraction of sp³-hybridized carbons (Fsp3) is 0.360. The highest BCUT2D eigenvalue weighted by Gasteiger charge is 2.33. The van der Waals surface area contributed by atoms with Gasteiger partial charge in [0, 0.05) is 29.5 Å². The van der Waals surface area contributed by atoms with Gasteiger partial charge >= 0.3 is 6.18 Å². The zero-order valence-electron chi connectivity index (χ0n) is 20.4. The van der Waals surface area contributed by atoms with E-state index in [-0.39, 0.29) is 27.8 Å². The summed E-state index contributed by atoms with van der Waals surface area (Å²) in [5.74, 6) is 0.110. The number of fused-ring (bicyclic) bond motifs is 2. The average molecular weight is 532 g/mol. The Morgan fingerprint density at radius 2 is 1.89 bits per heavy atom. The quantitative estimate of drug-likeness (QED) is 0.390. The number of nitrogens with one attached hydrogen (secondary N) is 2. The second kappa shape index (κ2) is 9.14. The molecule has 194 valence electrons. The normalized spacial score (nSPS) is 14.1. The number of anilines is 2. The van der Waals surface area contributed by atoms with Gasteiger partial charge in [0.25, 0.3) is 5.56 Å². The van der Waals surface area contributed by atoms with Gasteiger partial charge in [-0.15, -0.1) is 0 Å². The third kappa shape index (κ3) is 5.05. The van der Waals surface area contributed by atoms with Crippen molar-refractivity contribution in [1.29, 1.82) is 0 Å². The Kier molecular flexibility index (Phi) is 6.23.